The monoisotopic (exact) mass is 366 g/mol. The Labute approximate surface area is 146 Å². The Morgan fingerprint density at radius 3 is 2.50 bits per heavy atom. The van der Waals surface area contributed by atoms with E-state index < -0.39 is 19.0 Å². The molecule has 0 aliphatic rings. The van der Waals surface area contributed by atoms with Crippen LogP contribution < -0.4 is 0 Å². The fourth-order valence-electron chi connectivity index (χ4n) is 2.50. The smallest absolute Gasteiger partial charge is 0.316 e. The van der Waals surface area contributed by atoms with Crippen molar-refractivity contribution in [3.63, 3.8) is 0 Å². The number of hydrogen-bond acceptors (Lipinski definition) is 3. The molecule has 0 spiro atoms. The molecule has 24 heavy (non-hydrogen) atoms. The molecule has 2 aromatic rings. The second-order valence-electron chi connectivity index (χ2n) is 6.14. The van der Waals surface area contributed by atoms with Gasteiger partial charge in [-0.05, 0) is 35.2 Å². The molecule has 0 saturated carbocycles. The molecule has 0 aliphatic carbocycles. The average molecular weight is 366 g/mol. The standard InChI is InChI=1S/C18H23O4PS/c1-3-13(2)10-17(18(19)20)23(21,22)12-24-16-9-8-14-6-4-5-7-15(14)11-16/h4-9,11,13,17H,3,10,12H2,1-2H3,(H,19,20)(H,21,22). The van der Waals surface area contributed by atoms with Crippen LogP contribution in [0.3, 0.4) is 0 Å². The van der Waals surface area contributed by atoms with Gasteiger partial charge in [0.15, 0.2) is 0 Å². The van der Waals surface area contributed by atoms with Gasteiger partial charge in [0.1, 0.15) is 5.66 Å². The fraction of sp³-hybridized carbons (Fsp3) is 0.389. The minimum atomic E-state index is -3.79. The Hall–Kier alpha value is -1.29. The van der Waals surface area contributed by atoms with Crippen LogP contribution in [0.25, 0.3) is 10.8 Å². The zero-order valence-corrected chi connectivity index (χ0v) is 15.6. The highest BCUT2D eigenvalue weighted by Crippen LogP contribution is 2.52. The van der Waals surface area contributed by atoms with Gasteiger partial charge in [-0.2, -0.15) is 0 Å². The van der Waals surface area contributed by atoms with E-state index in [1.54, 1.807) is 0 Å². The maximum absolute atomic E-state index is 12.6. The Morgan fingerprint density at radius 1 is 1.21 bits per heavy atom. The maximum Gasteiger partial charge on any atom is 0.316 e. The Bertz CT molecular complexity index is 762. The molecular weight excluding hydrogens is 343 g/mol. The lowest BCUT2D eigenvalue weighted by Gasteiger charge is -2.21. The number of fused-ring (bicyclic) bond motifs is 1. The predicted octanol–water partition coefficient (Wildman–Crippen LogP) is 5.05. The lowest BCUT2D eigenvalue weighted by molar-refractivity contribution is -0.137. The lowest BCUT2D eigenvalue weighted by Crippen LogP contribution is -2.23. The molecule has 0 aromatic heterocycles. The maximum atomic E-state index is 12.6. The molecule has 3 unspecified atom stereocenters. The summed E-state index contributed by atoms with van der Waals surface area (Å²) in [6.07, 6.45) is 1.03. The van der Waals surface area contributed by atoms with Crippen molar-refractivity contribution >= 4 is 35.9 Å². The molecule has 6 heteroatoms. The number of thioether (sulfide) groups is 1. The zero-order chi connectivity index (χ0) is 17.7. The van der Waals surface area contributed by atoms with Gasteiger partial charge in [0, 0.05) is 4.90 Å². The van der Waals surface area contributed by atoms with Gasteiger partial charge in [0.05, 0.1) is 5.49 Å². The molecule has 0 bridgehead atoms. The highest BCUT2D eigenvalue weighted by Gasteiger charge is 2.37. The third-order valence-corrected chi connectivity index (χ3v) is 8.22. The van der Waals surface area contributed by atoms with Gasteiger partial charge in [0.2, 0.25) is 7.37 Å². The van der Waals surface area contributed by atoms with Crippen molar-refractivity contribution in [2.75, 3.05) is 5.49 Å². The summed E-state index contributed by atoms with van der Waals surface area (Å²) >= 11 is 1.25. The summed E-state index contributed by atoms with van der Waals surface area (Å²) in [4.78, 5) is 22.6. The van der Waals surface area contributed by atoms with Crippen molar-refractivity contribution in [2.45, 2.75) is 37.2 Å². The quantitative estimate of drug-likeness (QED) is 0.505. The van der Waals surface area contributed by atoms with Gasteiger partial charge in [-0.15, -0.1) is 11.8 Å². The molecule has 0 amide bonds. The molecular formula is C18H23O4PS. The van der Waals surface area contributed by atoms with E-state index >= 15 is 0 Å². The summed E-state index contributed by atoms with van der Waals surface area (Å²) < 4.78 is 12.6. The number of benzene rings is 2. The molecule has 2 aromatic carbocycles. The number of carbonyl (C=O) groups is 1. The first-order chi connectivity index (χ1) is 11.3. The molecule has 4 nitrogen and oxygen atoms in total. The highest BCUT2D eigenvalue weighted by atomic mass is 32.2. The van der Waals surface area contributed by atoms with Gasteiger partial charge in [0.25, 0.3) is 0 Å². The third-order valence-electron chi connectivity index (χ3n) is 4.23. The molecule has 0 aliphatic heterocycles. The van der Waals surface area contributed by atoms with Crippen LogP contribution in [0.4, 0.5) is 0 Å². The average Bonchev–Trinajstić information content (AvgIpc) is 2.57. The van der Waals surface area contributed by atoms with E-state index in [0.29, 0.717) is 0 Å². The van der Waals surface area contributed by atoms with Gasteiger partial charge in [-0.1, -0.05) is 50.6 Å². The molecule has 0 fully saturated rings. The van der Waals surface area contributed by atoms with E-state index in [9.17, 15) is 19.4 Å². The zero-order valence-electron chi connectivity index (χ0n) is 13.9. The summed E-state index contributed by atoms with van der Waals surface area (Å²) in [5.74, 6) is -1.07. The van der Waals surface area contributed by atoms with Crippen LogP contribution in [-0.4, -0.2) is 27.1 Å². The van der Waals surface area contributed by atoms with Crippen molar-refractivity contribution < 1.29 is 19.4 Å². The normalized spacial score (nSPS) is 16.5. The summed E-state index contributed by atoms with van der Waals surface area (Å²) in [6, 6.07) is 13.7. The highest BCUT2D eigenvalue weighted by molar-refractivity contribution is 8.05. The SMILES string of the molecule is CCC(C)CC(C(=O)O)P(=O)(O)CSc1ccc2ccccc2c1. The molecule has 0 radical (unpaired) electrons. The van der Waals surface area contributed by atoms with Crippen LogP contribution in [0, 0.1) is 5.92 Å². The van der Waals surface area contributed by atoms with Crippen LogP contribution in [0.1, 0.15) is 26.7 Å². The Morgan fingerprint density at radius 2 is 1.88 bits per heavy atom. The van der Waals surface area contributed by atoms with Gasteiger partial charge < -0.3 is 10.00 Å². The van der Waals surface area contributed by atoms with E-state index in [-0.39, 0.29) is 17.8 Å². The Kier molecular flexibility index (Phi) is 6.50. The summed E-state index contributed by atoms with van der Waals surface area (Å²) in [5.41, 5.74) is -1.28. The second-order valence-corrected chi connectivity index (χ2v) is 10.1. The molecule has 0 saturated heterocycles. The van der Waals surface area contributed by atoms with Crippen LogP contribution in [0.15, 0.2) is 47.4 Å². The topological polar surface area (TPSA) is 74.6 Å². The molecule has 2 rings (SSSR count). The van der Waals surface area contributed by atoms with Gasteiger partial charge >= 0.3 is 5.97 Å². The van der Waals surface area contributed by atoms with Crippen molar-refractivity contribution in [3.8, 4) is 0 Å². The Balaban J connectivity index is 2.11. The minimum Gasteiger partial charge on any atom is -0.481 e. The summed E-state index contributed by atoms with van der Waals surface area (Å²) in [5, 5.41) is 11.5. The molecule has 0 heterocycles. The van der Waals surface area contributed by atoms with Crippen molar-refractivity contribution in [3.05, 3.63) is 42.5 Å². The molecule has 2 N–H and O–H groups in total. The molecule has 3 atom stereocenters. The van der Waals surface area contributed by atoms with Gasteiger partial charge in [-0.3, -0.25) is 9.36 Å². The van der Waals surface area contributed by atoms with Crippen LogP contribution in [0.2, 0.25) is 0 Å². The van der Waals surface area contributed by atoms with Crippen LogP contribution in [0.5, 0.6) is 0 Å². The van der Waals surface area contributed by atoms with E-state index in [1.165, 1.54) is 11.8 Å². The third kappa shape index (κ3) is 4.85. The fourth-order valence-corrected chi connectivity index (χ4v) is 5.97. The first kappa shape index (κ1) is 19.0. The molecule has 130 valence electrons. The number of carboxylic acids is 1. The predicted molar refractivity (Wildman–Crippen MR) is 100.0 cm³/mol. The van der Waals surface area contributed by atoms with E-state index in [4.69, 9.17) is 0 Å². The van der Waals surface area contributed by atoms with Crippen molar-refractivity contribution in [1.82, 2.24) is 0 Å². The van der Waals surface area contributed by atoms with Crippen molar-refractivity contribution in [1.29, 1.82) is 0 Å². The second kappa shape index (κ2) is 8.19. The van der Waals surface area contributed by atoms with E-state index in [1.807, 2.05) is 56.3 Å². The number of rotatable bonds is 8. The van der Waals surface area contributed by atoms with E-state index in [0.717, 1.165) is 22.1 Å². The number of aliphatic carboxylic acids is 1. The van der Waals surface area contributed by atoms with Gasteiger partial charge in [-0.25, -0.2) is 0 Å². The summed E-state index contributed by atoms with van der Waals surface area (Å²) in [6.45, 7) is 3.86. The largest absolute Gasteiger partial charge is 0.481 e. The first-order valence-corrected chi connectivity index (χ1v) is 10.9. The van der Waals surface area contributed by atoms with Crippen LogP contribution in [-0.2, 0) is 9.36 Å². The summed E-state index contributed by atoms with van der Waals surface area (Å²) in [7, 11) is -3.79. The minimum absolute atomic E-state index is 0.0846. The van der Waals surface area contributed by atoms with Crippen molar-refractivity contribution in [2.24, 2.45) is 5.92 Å². The lowest BCUT2D eigenvalue weighted by atomic mass is 10.0. The first-order valence-electron chi connectivity index (χ1n) is 7.99. The number of carboxylic acid groups (broad SMARTS) is 1. The van der Waals surface area contributed by atoms with E-state index in [2.05, 4.69) is 0 Å². The number of hydrogen-bond donors (Lipinski definition) is 2. The van der Waals surface area contributed by atoms with Crippen LogP contribution >= 0.6 is 19.1 Å².